The number of ether oxygens (including phenoxy) is 1. The molecule has 4 aromatic rings. The number of rotatable bonds is 4. The van der Waals surface area contributed by atoms with E-state index in [1.165, 1.54) is 4.68 Å². The van der Waals surface area contributed by atoms with Gasteiger partial charge in [-0.1, -0.05) is 18.2 Å². The lowest BCUT2D eigenvalue weighted by atomic mass is 10.2. The van der Waals surface area contributed by atoms with E-state index in [2.05, 4.69) is 10.1 Å². The summed E-state index contributed by atoms with van der Waals surface area (Å²) in [7, 11) is 1.62. The predicted octanol–water partition coefficient (Wildman–Crippen LogP) is 3.11. The summed E-state index contributed by atoms with van der Waals surface area (Å²) in [6, 6.07) is 14.8. The van der Waals surface area contributed by atoms with Crippen LogP contribution in [-0.4, -0.2) is 21.9 Å². The van der Waals surface area contributed by atoms with E-state index in [0.29, 0.717) is 17.0 Å². The monoisotopic (exact) mass is 333 g/mol. The lowest BCUT2D eigenvalue weighted by Gasteiger charge is -2.03. The first kappa shape index (κ1) is 15.1. The van der Waals surface area contributed by atoms with E-state index in [9.17, 15) is 4.79 Å². The van der Waals surface area contributed by atoms with Crippen LogP contribution in [0.25, 0.3) is 22.2 Å². The van der Waals surface area contributed by atoms with Gasteiger partial charge in [-0.15, -0.1) is 0 Å². The molecule has 6 nitrogen and oxygen atoms in total. The van der Waals surface area contributed by atoms with Crippen LogP contribution in [0.15, 0.2) is 70.2 Å². The molecule has 6 heteroatoms. The summed E-state index contributed by atoms with van der Waals surface area (Å²) in [6.07, 6.45) is 3.23. The van der Waals surface area contributed by atoms with E-state index in [1.807, 2.05) is 42.5 Å². The number of benzene rings is 2. The number of fused-ring (bicyclic) bond motifs is 1. The van der Waals surface area contributed by atoms with Gasteiger partial charge in [-0.3, -0.25) is 4.79 Å². The number of methoxy groups -OCH3 is 1. The fraction of sp³-hybridized carbons (Fsp3) is 0.105. The number of hydrogen-bond acceptors (Lipinski definition) is 5. The van der Waals surface area contributed by atoms with Crippen molar-refractivity contribution in [3.63, 3.8) is 0 Å². The molecule has 0 saturated heterocycles. The van der Waals surface area contributed by atoms with Crippen LogP contribution >= 0.6 is 0 Å². The van der Waals surface area contributed by atoms with Crippen molar-refractivity contribution >= 4 is 10.8 Å². The first-order valence-corrected chi connectivity index (χ1v) is 7.78. The van der Waals surface area contributed by atoms with Crippen molar-refractivity contribution in [3.05, 3.63) is 77.0 Å². The molecule has 0 aliphatic heterocycles. The molecular weight excluding hydrogens is 318 g/mol. The molecule has 0 aliphatic rings. The molecule has 0 spiro atoms. The molecular formula is C19H15N3O3. The van der Waals surface area contributed by atoms with Crippen molar-refractivity contribution in [1.29, 1.82) is 0 Å². The Morgan fingerprint density at radius 2 is 1.92 bits per heavy atom. The summed E-state index contributed by atoms with van der Waals surface area (Å²) in [5.41, 5.74) is 1.33. The molecule has 0 amide bonds. The molecule has 25 heavy (non-hydrogen) atoms. The van der Waals surface area contributed by atoms with Gasteiger partial charge in [0.25, 0.3) is 5.56 Å². The van der Waals surface area contributed by atoms with Gasteiger partial charge in [0.05, 0.1) is 25.2 Å². The lowest BCUT2D eigenvalue weighted by molar-refractivity contribution is 0.415. The number of nitrogens with zero attached hydrogens (tertiary/aromatic N) is 3. The molecule has 0 unspecified atom stereocenters. The van der Waals surface area contributed by atoms with Crippen molar-refractivity contribution < 1.29 is 9.15 Å². The molecule has 2 aromatic heterocycles. The van der Waals surface area contributed by atoms with Crippen LogP contribution in [-0.2, 0) is 6.54 Å². The Labute approximate surface area is 143 Å². The second kappa shape index (κ2) is 6.24. The fourth-order valence-electron chi connectivity index (χ4n) is 2.64. The number of hydrogen-bond donors (Lipinski definition) is 0. The zero-order valence-electron chi connectivity index (χ0n) is 13.5. The van der Waals surface area contributed by atoms with Gasteiger partial charge < -0.3 is 9.15 Å². The van der Waals surface area contributed by atoms with Crippen LogP contribution in [0.3, 0.4) is 0 Å². The third-order valence-electron chi connectivity index (χ3n) is 3.96. The Morgan fingerprint density at radius 3 is 2.72 bits per heavy atom. The zero-order chi connectivity index (χ0) is 17.2. The van der Waals surface area contributed by atoms with E-state index < -0.39 is 0 Å². The Balaban J connectivity index is 1.63. The summed E-state index contributed by atoms with van der Waals surface area (Å²) < 4.78 is 12.1. The second-order valence-corrected chi connectivity index (χ2v) is 5.57. The maximum absolute atomic E-state index is 12.5. The average Bonchev–Trinajstić information content (AvgIpc) is 3.13. The third kappa shape index (κ3) is 2.89. The maximum atomic E-state index is 12.5. The van der Waals surface area contributed by atoms with Gasteiger partial charge in [0, 0.05) is 10.9 Å². The van der Waals surface area contributed by atoms with Crippen LogP contribution in [0.5, 0.6) is 5.75 Å². The van der Waals surface area contributed by atoms with Crippen LogP contribution in [0.1, 0.15) is 5.69 Å². The van der Waals surface area contributed by atoms with E-state index >= 15 is 0 Å². The summed E-state index contributed by atoms with van der Waals surface area (Å²) in [5.74, 6) is 1.26. The zero-order valence-corrected chi connectivity index (χ0v) is 13.5. The Morgan fingerprint density at radius 1 is 1.12 bits per heavy atom. The SMILES string of the molecule is COc1ccc(-c2nc(Cn3ncc4ccccc4c3=O)co2)cc1. The van der Waals surface area contributed by atoms with Crippen molar-refractivity contribution in [2.24, 2.45) is 0 Å². The van der Waals surface area contributed by atoms with Crippen LogP contribution < -0.4 is 10.3 Å². The largest absolute Gasteiger partial charge is 0.497 e. The van der Waals surface area contributed by atoms with Crippen LogP contribution in [0, 0.1) is 0 Å². The Hall–Kier alpha value is -3.41. The van der Waals surface area contributed by atoms with E-state index in [4.69, 9.17) is 9.15 Å². The normalized spacial score (nSPS) is 10.9. The van der Waals surface area contributed by atoms with Crippen LogP contribution in [0.2, 0.25) is 0 Å². The standard InChI is InChI=1S/C19H15N3O3/c1-24-16-8-6-13(7-9-16)18-21-15(12-25-18)11-22-19(23)17-5-3-2-4-14(17)10-20-22/h2-10,12H,11H2,1H3. The summed E-state index contributed by atoms with van der Waals surface area (Å²) in [6.45, 7) is 0.253. The molecule has 0 radical (unpaired) electrons. The number of aromatic nitrogens is 3. The van der Waals surface area contributed by atoms with Gasteiger partial charge in [0.2, 0.25) is 5.89 Å². The molecule has 2 heterocycles. The minimum Gasteiger partial charge on any atom is -0.497 e. The molecule has 4 rings (SSSR count). The highest BCUT2D eigenvalue weighted by Crippen LogP contribution is 2.21. The van der Waals surface area contributed by atoms with Crippen molar-refractivity contribution in [3.8, 4) is 17.2 Å². The van der Waals surface area contributed by atoms with Gasteiger partial charge in [-0.2, -0.15) is 5.10 Å². The highest BCUT2D eigenvalue weighted by Gasteiger charge is 2.10. The molecule has 0 bridgehead atoms. The number of oxazole rings is 1. The molecule has 0 fully saturated rings. The molecule has 0 N–H and O–H groups in total. The van der Waals surface area contributed by atoms with Gasteiger partial charge in [0.1, 0.15) is 17.7 Å². The van der Waals surface area contributed by atoms with Crippen molar-refractivity contribution in [2.75, 3.05) is 7.11 Å². The minimum atomic E-state index is -0.146. The molecule has 0 saturated carbocycles. The van der Waals surface area contributed by atoms with Gasteiger partial charge >= 0.3 is 0 Å². The average molecular weight is 333 g/mol. The molecule has 2 aromatic carbocycles. The Bertz CT molecular complexity index is 1080. The molecule has 0 atom stereocenters. The van der Waals surface area contributed by atoms with Crippen molar-refractivity contribution in [2.45, 2.75) is 6.54 Å². The predicted molar refractivity (Wildman–Crippen MR) is 93.6 cm³/mol. The highest BCUT2D eigenvalue weighted by atomic mass is 16.5. The Kier molecular flexibility index (Phi) is 3.78. The lowest BCUT2D eigenvalue weighted by Crippen LogP contribution is -2.23. The first-order chi connectivity index (χ1) is 12.2. The summed E-state index contributed by atoms with van der Waals surface area (Å²) >= 11 is 0. The van der Waals surface area contributed by atoms with Gasteiger partial charge in [-0.25, -0.2) is 9.67 Å². The maximum Gasteiger partial charge on any atom is 0.274 e. The minimum absolute atomic E-state index is 0.146. The van der Waals surface area contributed by atoms with Crippen molar-refractivity contribution in [1.82, 2.24) is 14.8 Å². The summed E-state index contributed by atoms with van der Waals surface area (Å²) in [4.78, 5) is 17.0. The fourth-order valence-corrected chi connectivity index (χ4v) is 2.64. The second-order valence-electron chi connectivity index (χ2n) is 5.57. The topological polar surface area (TPSA) is 70.2 Å². The highest BCUT2D eigenvalue weighted by molar-refractivity contribution is 5.80. The van der Waals surface area contributed by atoms with Gasteiger partial charge in [0.15, 0.2) is 0 Å². The summed E-state index contributed by atoms with van der Waals surface area (Å²) in [5, 5.41) is 5.67. The van der Waals surface area contributed by atoms with E-state index in [-0.39, 0.29) is 12.1 Å². The molecule has 124 valence electrons. The van der Waals surface area contributed by atoms with E-state index in [0.717, 1.165) is 16.7 Å². The molecule has 0 aliphatic carbocycles. The smallest absolute Gasteiger partial charge is 0.274 e. The quantitative estimate of drug-likeness (QED) is 0.574. The third-order valence-corrected chi connectivity index (χ3v) is 3.96. The van der Waals surface area contributed by atoms with Gasteiger partial charge in [-0.05, 0) is 30.3 Å². The van der Waals surface area contributed by atoms with E-state index in [1.54, 1.807) is 25.6 Å². The van der Waals surface area contributed by atoms with Crippen LogP contribution in [0.4, 0.5) is 0 Å². The first-order valence-electron chi connectivity index (χ1n) is 7.78.